The van der Waals surface area contributed by atoms with E-state index < -0.39 is 5.97 Å². The predicted octanol–water partition coefficient (Wildman–Crippen LogP) is -0.365. The summed E-state index contributed by atoms with van der Waals surface area (Å²) in [6, 6.07) is 0. The van der Waals surface area contributed by atoms with Gasteiger partial charge in [0.1, 0.15) is 0 Å². The smallest absolute Gasteiger partial charge is 0.0675 e. The van der Waals surface area contributed by atoms with Gasteiger partial charge in [0.15, 0.2) is 0 Å². The van der Waals surface area contributed by atoms with E-state index in [2.05, 4.69) is 28.2 Å². The molecule has 3 heteroatoms. The van der Waals surface area contributed by atoms with Crippen LogP contribution in [0, 0.1) is 0 Å². The second-order valence-corrected chi connectivity index (χ2v) is 3.50. The average Bonchev–Trinajstić information content (AvgIpc) is 1.58. The number of carbonyl (C=O) groups is 1. The lowest BCUT2D eigenvalue weighted by molar-refractivity contribution is -0.849. The molecule has 0 bridgehead atoms. The van der Waals surface area contributed by atoms with Crippen LogP contribution >= 0.6 is 0 Å². The van der Waals surface area contributed by atoms with Gasteiger partial charge in [0.2, 0.25) is 0 Å². The average molecular weight is 159 g/mol. The van der Waals surface area contributed by atoms with E-state index in [1.807, 2.05) is 0 Å². The minimum atomic E-state index is -1.14. The summed E-state index contributed by atoms with van der Waals surface area (Å²) in [5.41, 5.74) is 0. The number of hydrogen-bond acceptors (Lipinski definition) is 2. The summed E-state index contributed by atoms with van der Waals surface area (Å²) in [6.07, 6.45) is 2.38. The van der Waals surface area contributed by atoms with E-state index in [1.54, 1.807) is 6.92 Å². The first-order valence-corrected chi connectivity index (χ1v) is 3.40. The Kier molecular flexibility index (Phi) is 6.89. The van der Waals surface area contributed by atoms with E-state index in [-0.39, 0.29) is 0 Å². The molecule has 0 saturated carbocycles. The predicted molar refractivity (Wildman–Crippen MR) is 43.8 cm³/mol. The van der Waals surface area contributed by atoms with Crippen molar-refractivity contribution in [3.05, 3.63) is 12.2 Å². The zero-order valence-electron chi connectivity index (χ0n) is 7.92. The van der Waals surface area contributed by atoms with Gasteiger partial charge in [-0.2, -0.15) is 0 Å². The first-order valence-electron chi connectivity index (χ1n) is 3.40. The minimum absolute atomic E-state index is 0.972. The van der Waals surface area contributed by atoms with Crippen molar-refractivity contribution in [3.8, 4) is 0 Å². The van der Waals surface area contributed by atoms with Crippen molar-refractivity contribution < 1.29 is 14.4 Å². The molecule has 0 aromatic carbocycles. The number of carbonyl (C=O) groups excluding carboxylic acids is 1. The van der Waals surface area contributed by atoms with Crippen LogP contribution < -0.4 is 5.11 Å². The Morgan fingerprint density at radius 2 is 1.55 bits per heavy atom. The van der Waals surface area contributed by atoms with Crippen LogP contribution in [0.5, 0.6) is 0 Å². The number of carboxylic acid groups (broad SMARTS) is 1. The summed E-state index contributed by atoms with van der Waals surface area (Å²) < 4.78 is 1.00. The summed E-state index contributed by atoms with van der Waals surface area (Å²) in [5, 5.41) is 9.40. The molecular formula is C8H17NO2. The lowest BCUT2D eigenvalue weighted by atomic mass is 10.5. The zero-order chi connectivity index (χ0) is 9.49. The summed E-state index contributed by atoms with van der Waals surface area (Å²) in [6.45, 7) is 1.62. The van der Waals surface area contributed by atoms with Crippen LogP contribution in [0.2, 0.25) is 0 Å². The molecule has 0 aromatic rings. The molecule has 3 nitrogen and oxygen atoms in total. The molecule has 0 saturated heterocycles. The van der Waals surface area contributed by atoms with Gasteiger partial charge in [-0.05, 0) is 13.0 Å². The fourth-order valence-electron chi connectivity index (χ4n) is 0.136. The SMILES string of the molecule is C/C=C/C(=O)[O-].C[N+](C)(C)C. The maximum absolute atomic E-state index is 9.40. The quantitative estimate of drug-likeness (QED) is 0.387. The van der Waals surface area contributed by atoms with Gasteiger partial charge in [-0.1, -0.05) is 6.08 Å². The molecule has 0 fully saturated rings. The van der Waals surface area contributed by atoms with Crippen molar-refractivity contribution >= 4 is 5.97 Å². The number of nitrogens with zero attached hydrogens (tertiary/aromatic N) is 1. The lowest BCUT2D eigenvalue weighted by Crippen LogP contribution is -2.27. The Morgan fingerprint density at radius 1 is 1.27 bits per heavy atom. The van der Waals surface area contributed by atoms with E-state index in [1.165, 1.54) is 6.08 Å². The summed E-state index contributed by atoms with van der Waals surface area (Å²) >= 11 is 0. The van der Waals surface area contributed by atoms with E-state index in [0.29, 0.717) is 0 Å². The number of carboxylic acids is 1. The highest BCUT2D eigenvalue weighted by molar-refractivity contribution is 5.77. The van der Waals surface area contributed by atoms with Crippen molar-refractivity contribution in [2.24, 2.45) is 0 Å². The molecule has 0 rings (SSSR count). The number of aliphatic carboxylic acids is 1. The van der Waals surface area contributed by atoms with Gasteiger partial charge in [-0.3, -0.25) is 0 Å². The standard InChI is InChI=1S/C4H12N.C4H6O2/c1-5(2,3)4;1-2-3-4(5)6/h1-4H3;2-3H,1H3,(H,5,6)/q+1;/p-1/b;3-2+. The molecule has 0 aromatic heterocycles. The third kappa shape index (κ3) is 100. The zero-order valence-corrected chi connectivity index (χ0v) is 7.92. The fraction of sp³-hybridized carbons (Fsp3) is 0.625. The van der Waals surface area contributed by atoms with E-state index >= 15 is 0 Å². The van der Waals surface area contributed by atoms with Crippen molar-refractivity contribution in [2.45, 2.75) is 6.92 Å². The highest BCUT2D eigenvalue weighted by atomic mass is 16.4. The van der Waals surface area contributed by atoms with Crippen LogP contribution in [0.1, 0.15) is 6.92 Å². The summed E-state index contributed by atoms with van der Waals surface area (Å²) in [7, 11) is 8.50. The highest BCUT2D eigenvalue weighted by Crippen LogP contribution is 1.73. The molecule has 66 valence electrons. The van der Waals surface area contributed by atoms with E-state index in [4.69, 9.17) is 0 Å². The molecular weight excluding hydrogens is 142 g/mol. The van der Waals surface area contributed by atoms with Crippen molar-refractivity contribution in [1.82, 2.24) is 0 Å². The van der Waals surface area contributed by atoms with Gasteiger partial charge in [0.25, 0.3) is 0 Å². The van der Waals surface area contributed by atoms with Crippen LogP contribution in [0.25, 0.3) is 0 Å². The molecule has 0 amide bonds. The summed E-state index contributed by atoms with van der Waals surface area (Å²) in [4.78, 5) is 9.40. The van der Waals surface area contributed by atoms with Crippen LogP contribution in [0.15, 0.2) is 12.2 Å². The third-order valence-electron chi connectivity index (χ3n) is 0.303. The van der Waals surface area contributed by atoms with Gasteiger partial charge in [-0.25, -0.2) is 0 Å². The molecule has 0 aliphatic carbocycles. The minimum Gasteiger partial charge on any atom is -0.545 e. The monoisotopic (exact) mass is 159 g/mol. The molecule has 0 unspecified atom stereocenters. The molecule has 0 atom stereocenters. The second kappa shape index (κ2) is 5.92. The Morgan fingerprint density at radius 3 is 1.55 bits per heavy atom. The normalized spacial score (nSPS) is 10.6. The molecule has 0 spiro atoms. The summed E-state index contributed by atoms with van der Waals surface area (Å²) in [5.74, 6) is -1.14. The highest BCUT2D eigenvalue weighted by Gasteiger charge is 1.88. The van der Waals surface area contributed by atoms with Crippen LogP contribution in [0.4, 0.5) is 0 Å². The number of quaternary nitrogens is 1. The van der Waals surface area contributed by atoms with Gasteiger partial charge in [-0.15, -0.1) is 0 Å². The second-order valence-electron chi connectivity index (χ2n) is 3.50. The third-order valence-corrected chi connectivity index (χ3v) is 0.303. The van der Waals surface area contributed by atoms with Crippen LogP contribution in [-0.2, 0) is 4.79 Å². The topological polar surface area (TPSA) is 40.1 Å². The molecule has 0 radical (unpaired) electrons. The van der Waals surface area contributed by atoms with Crippen molar-refractivity contribution in [2.75, 3.05) is 28.2 Å². The van der Waals surface area contributed by atoms with Crippen molar-refractivity contribution in [1.29, 1.82) is 0 Å². The lowest BCUT2D eigenvalue weighted by Gasteiger charge is -2.14. The van der Waals surface area contributed by atoms with Gasteiger partial charge in [0.05, 0.1) is 34.2 Å². The molecule has 0 aliphatic rings. The number of hydrogen-bond donors (Lipinski definition) is 0. The molecule has 0 N–H and O–H groups in total. The first-order chi connectivity index (χ1) is 4.77. The first kappa shape index (κ1) is 12.8. The van der Waals surface area contributed by atoms with E-state index in [9.17, 15) is 9.90 Å². The van der Waals surface area contributed by atoms with E-state index in [0.717, 1.165) is 10.6 Å². The largest absolute Gasteiger partial charge is 0.545 e. The maximum Gasteiger partial charge on any atom is 0.0675 e. The van der Waals surface area contributed by atoms with Gasteiger partial charge >= 0.3 is 0 Å². The maximum atomic E-state index is 9.40. The molecule has 0 aliphatic heterocycles. The Bertz CT molecular complexity index is 128. The van der Waals surface area contributed by atoms with Crippen LogP contribution in [0.3, 0.4) is 0 Å². The fourth-order valence-corrected chi connectivity index (χ4v) is 0.136. The molecule has 11 heavy (non-hydrogen) atoms. The van der Waals surface area contributed by atoms with Crippen LogP contribution in [-0.4, -0.2) is 38.6 Å². The number of allylic oxidation sites excluding steroid dienone is 1. The Balaban J connectivity index is 0. The Labute approximate surface area is 68.5 Å². The number of rotatable bonds is 1. The molecule has 0 heterocycles. The van der Waals surface area contributed by atoms with Crippen molar-refractivity contribution in [3.63, 3.8) is 0 Å². The van der Waals surface area contributed by atoms with Gasteiger partial charge < -0.3 is 14.4 Å². The Hall–Kier alpha value is -0.830. The van der Waals surface area contributed by atoms with Gasteiger partial charge in [0, 0.05) is 0 Å².